The lowest BCUT2D eigenvalue weighted by atomic mass is 10.1. The van der Waals surface area contributed by atoms with E-state index in [0.29, 0.717) is 5.56 Å². The van der Waals surface area contributed by atoms with Gasteiger partial charge in [-0.05, 0) is 42.0 Å². The molecule has 0 unspecified atom stereocenters. The molecule has 0 bridgehead atoms. The van der Waals surface area contributed by atoms with Gasteiger partial charge in [0.25, 0.3) is 5.91 Å². The van der Waals surface area contributed by atoms with Crippen LogP contribution in [0.5, 0.6) is 0 Å². The van der Waals surface area contributed by atoms with Gasteiger partial charge in [0.15, 0.2) is 5.17 Å². The minimum atomic E-state index is -0.102. The van der Waals surface area contributed by atoms with Gasteiger partial charge in [-0.1, -0.05) is 35.5 Å². The average molecular weight is 363 g/mol. The third-order valence-corrected chi connectivity index (χ3v) is 5.47. The molecule has 2 aromatic rings. The summed E-state index contributed by atoms with van der Waals surface area (Å²) in [6.45, 7) is 0.779. The summed E-state index contributed by atoms with van der Waals surface area (Å²) in [7, 11) is 0. The Morgan fingerprint density at radius 3 is 2.57 bits per heavy atom. The molecule has 0 spiro atoms. The lowest BCUT2D eigenvalue weighted by molar-refractivity contribution is 0.0978. The SMILES string of the molecule is O=C(NC1=NCCS1)c1ccc(CSc2ccc(Cl)cc2)cc1. The zero-order valence-electron chi connectivity index (χ0n) is 12.3. The molecule has 0 aromatic heterocycles. The van der Waals surface area contributed by atoms with Crippen molar-refractivity contribution < 1.29 is 4.79 Å². The van der Waals surface area contributed by atoms with Crippen molar-refractivity contribution in [1.29, 1.82) is 0 Å². The molecule has 3 rings (SSSR count). The van der Waals surface area contributed by atoms with Crippen LogP contribution in [0.25, 0.3) is 0 Å². The van der Waals surface area contributed by atoms with E-state index in [-0.39, 0.29) is 5.91 Å². The maximum atomic E-state index is 12.1. The molecule has 0 saturated carbocycles. The standard InChI is InChI=1S/C17H15ClN2OS2/c18-14-5-7-15(8-6-14)23-11-12-1-3-13(4-2-12)16(21)20-17-19-9-10-22-17/h1-8H,9-11H2,(H,19,20,21). The van der Waals surface area contributed by atoms with Crippen molar-refractivity contribution in [3.8, 4) is 0 Å². The number of nitrogens with zero attached hydrogens (tertiary/aromatic N) is 1. The molecule has 1 N–H and O–H groups in total. The monoisotopic (exact) mass is 362 g/mol. The van der Waals surface area contributed by atoms with Crippen molar-refractivity contribution >= 4 is 46.2 Å². The van der Waals surface area contributed by atoms with Gasteiger partial charge in [-0.2, -0.15) is 0 Å². The molecule has 1 aliphatic rings. The fourth-order valence-corrected chi connectivity index (χ4v) is 3.73. The molecule has 1 heterocycles. The summed E-state index contributed by atoms with van der Waals surface area (Å²) in [5.74, 6) is 1.69. The Morgan fingerprint density at radius 1 is 1.17 bits per heavy atom. The van der Waals surface area contributed by atoms with E-state index in [4.69, 9.17) is 11.6 Å². The van der Waals surface area contributed by atoms with Gasteiger partial charge in [-0.25, -0.2) is 0 Å². The molecular weight excluding hydrogens is 348 g/mol. The maximum absolute atomic E-state index is 12.1. The Balaban J connectivity index is 1.56. The van der Waals surface area contributed by atoms with E-state index >= 15 is 0 Å². The van der Waals surface area contributed by atoms with Gasteiger partial charge >= 0.3 is 0 Å². The molecule has 23 heavy (non-hydrogen) atoms. The number of rotatable bonds is 4. The van der Waals surface area contributed by atoms with Crippen LogP contribution in [0, 0.1) is 0 Å². The highest BCUT2D eigenvalue weighted by Gasteiger charge is 2.12. The van der Waals surface area contributed by atoms with Gasteiger partial charge in [-0.15, -0.1) is 11.8 Å². The number of carbonyl (C=O) groups excluding carboxylic acids is 1. The highest BCUT2D eigenvalue weighted by atomic mass is 35.5. The predicted molar refractivity (Wildman–Crippen MR) is 99.7 cm³/mol. The summed E-state index contributed by atoms with van der Waals surface area (Å²) in [6, 6.07) is 15.5. The first-order valence-electron chi connectivity index (χ1n) is 7.16. The Bertz CT molecular complexity index is 714. The normalized spacial score (nSPS) is 13.7. The summed E-state index contributed by atoms with van der Waals surface area (Å²) in [6.07, 6.45) is 0. The van der Waals surface area contributed by atoms with Gasteiger partial charge in [0, 0.05) is 27.0 Å². The quantitative estimate of drug-likeness (QED) is 0.816. The second kappa shape index (κ2) is 7.90. The Hall–Kier alpha value is -1.43. The zero-order valence-corrected chi connectivity index (χ0v) is 14.7. The number of amidine groups is 1. The highest BCUT2D eigenvalue weighted by molar-refractivity contribution is 8.14. The molecule has 0 aliphatic carbocycles. The zero-order chi connectivity index (χ0) is 16.1. The molecule has 0 atom stereocenters. The van der Waals surface area contributed by atoms with Crippen LogP contribution in [0.3, 0.4) is 0 Å². The number of halogens is 1. The van der Waals surface area contributed by atoms with Gasteiger partial charge < -0.3 is 5.32 Å². The van der Waals surface area contributed by atoms with Crippen molar-refractivity contribution in [2.45, 2.75) is 10.6 Å². The number of hydrogen-bond donors (Lipinski definition) is 1. The van der Waals surface area contributed by atoms with E-state index in [1.807, 2.05) is 48.5 Å². The van der Waals surface area contributed by atoms with E-state index in [2.05, 4.69) is 10.3 Å². The van der Waals surface area contributed by atoms with Crippen molar-refractivity contribution in [1.82, 2.24) is 5.32 Å². The number of nitrogens with one attached hydrogen (secondary N) is 1. The lowest BCUT2D eigenvalue weighted by Crippen LogP contribution is -2.27. The molecule has 6 heteroatoms. The highest BCUT2D eigenvalue weighted by Crippen LogP contribution is 2.24. The summed E-state index contributed by atoms with van der Waals surface area (Å²) < 4.78 is 0. The van der Waals surface area contributed by atoms with E-state index in [0.717, 1.165) is 28.2 Å². The lowest BCUT2D eigenvalue weighted by Gasteiger charge is -2.06. The van der Waals surface area contributed by atoms with Crippen LogP contribution in [0.4, 0.5) is 0 Å². The first kappa shape index (κ1) is 16.4. The van der Waals surface area contributed by atoms with Gasteiger partial charge in [0.2, 0.25) is 0 Å². The molecule has 0 fully saturated rings. The maximum Gasteiger partial charge on any atom is 0.257 e. The fourth-order valence-electron chi connectivity index (χ4n) is 2.03. The van der Waals surface area contributed by atoms with E-state index in [1.54, 1.807) is 23.5 Å². The van der Waals surface area contributed by atoms with Crippen LogP contribution in [0.2, 0.25) is 5.02 Å². The molecule has 3 nitrogen and oxygen atoms in total. The first-order valence-corrected chi connectivity index (χ1v) is 9.51. The molecule has 1 aliphatic heterocycles. The Kier molecular flexibility index (Phi) is 5.65. The minimum absolute atomic E-state index is 0.102. The van der Waals surface area contributed by atoms with E-state index < -0.39 is 0 Å². The molecule has 2 aromatic carbocycles. The third-order valence-electron chi connectivity index (χ3n) is 3.24. The topological polar surface area (TPSA) is 41.5 Å². The predicted octanol–water partition coefficient (Wildman–Crippen LogP) is 4.46. The van der Waals surface area contributed by atoms with Crippen LogP contribution < -0.4 is 5.32 Å². The number of carbonyl (C=O) groups is 1. The minimum Gasteiger partial charge on any atom is -0.301 e. The van der Waals surface area contributed by atoms with Crippen LogP contribution in [0.1, 0.15) is 15.9 Å². The van der Waals surface area contributed by atoms with Gasteiger partial charge in [0.05, 0.1) is 6.54 Å². The van der Waals surface area contributed by atoms with Crippen LogP contribution in [0.15, 0.2) is 58.4 Å². The average Bonchev–Trinajstić information content (AvgIpc) is 3.08. The number of benzene rings is 2. The molecular formula is C17H15ClN2OS2. The second-order valence-corrected chi connectivity index (χ2v) is 7.50. The summed E-state index contributed by atoms with van der Waals surface area (Å²) in [4.78, 5) is 17.5. The van der Waals surface area contributed by atoms with E-state index in [1.165, 1.54) is 10.5 Å². The number of amides is 1. The van der Waals surface area contributed by atoms with Crippen molar-refractivity contribution in [3.63, 3.8) is 0 Å². The summed E-state index contributed by atoms with van der Waals surface area (Å²) >= 11 is 9.20. The summed E-state index contributed by atoms with van der Waals surface area (Å²) in [5, 5.41) is 4.30. The van der Waals surface area contributed by atoms with Crippen molar-refractivity contribution in [3.05, 3.63) is 64.7 Å². The largest absolute Gasteiger partial charge is 0.301 e. The van der Waals surface area contributed by atoms with E-state index in [9.17, 15) is 4.79 Å². The van der Waals surface area contributed by atoms with Crippen LogP contribution in [-0.2, 0) is 5.75 Å². The molecule has 0 saturated heterocycles. The van der Waals surface area contributed by atoms with Gasteiger partial charge in [0.1, 0.15) is 0 Å². The van der Waals surface area contributed by atoms with Crippen LogP contribution in [-0.4, -0.2) is 23.4 Å². The third kappa shape index (κ3) is 4.77. The number of hydrogen-bond acceptors (Lipinski definition) is 4. The molecule has 0 radical (unpaired) electrons. The first-order chi connectivity index (χ1) is 11.2. The van der Waals surface area contributed by atoms with Gasteiger partial charge in [-0.3, -0.25) is 9.79 Å². The van der Waals surface area contributed by atoms with Crippen molar-refractivity contribution in [2.75, 3.05) is 12.3 Å². The summed E-state index contributed by atoms with van der Waals surface area (Å²) in [5.41, 5.74) is 1.83. The second-order valence-electron chi connectivity index (χ2n) is 4.93. The molecule has 1 amide bonds. The number of thioether (sulfide) groups is 2. The Morgan fingerprint density at radius 2 is 1.91 bits per heavy atom. The Labute approximate surface area is 148 Å². The van der Waals surface area contributed by atoms with Crippen molar-refractivity contribution in [2.24, 2.45) is 4.99 Å². The smallest absolute Gasteiger partial charge is 0.257 e. The fraction of sp³-hybridized carbons (Fsp3) is 0.176. The molecule has 118 valence electrons. The van der Waals surface area contributed by atoms with Crippen LogP contribution >= 0.6 is 35.1 Å². The number of aliphatic imine (C=N–C) groups is 1.